The third-order valence-corrected chi connectivity index (χ3v) is 6.26. The predicted octanol–water partition coefficient (Wildman–Crippen LogP) is 5.78. The van der Waals surface area contributed by atoms with E-state index >= 15 is 0 Å². The van der Waals surface area contributed by atoms with E-state index in [-0.39, 0.29) is 59.3 Å². The van der Waals surface area contributed by atoms with E-state index in [2.05, 4.69) is 0 Å². The van der Waals surface area contributed by atoms with Crippen LogP contribution in [0.1, 0.15) is 79.7 Å². The van der Waals surface area contributed by atoms with E-state index in [1.54, 1.807) is 13.8 Å². The van der Waals surface area contributed by atoms with Crippen molar-refractivity contribution in [2.45, 2.75) is 80.3 Å². The summed E-state index contributed by atoms with van der Waals surface area (Å²) in [5.74, 6) is -3.21. The third-order valence-electron chi connectivity index (χ3n) is 6.26. The molecule has 0 N–H and O–H groups in total. The summed E-state index contributed by atoms with van der Waals surface area (Å²) in [6.45, 7) is 13.3. The molecule has 1 amide bonds. The van der Waals surface area contributed by atoms with Gasteiger partial charge in [-0.15, -0.1) is 0 Å². The van der Waals surface area contributed by atoms with Crippen molar-refractivity contribution in [3.05, 3.63) is 62.5 Å². The maximum Gasteiger partial charge on any atom is 0.421 e. The van der Waals surface area contributed by atoms with Gasteiger partial charge in [0.05, 0.1) is 34.7 Å². The Kier molecular flexibility index (Phi) is 15.8. The summed E-state index contributed by atoms with van der Waals surface area (Å²) in [4.78, 5) is 64.2. The molecule has 13 nitrogen and oxygen atoms in total. The maximum absolute atomic E-state index is 13.5. The van der Waals surface area contributed by atoms with Gasteiger partial charge in [-0.1, -0.05) is 39.8 Å². The lowest BCUT2D eigenvalue weighted by Crippen LogP contribution is -2.39. The van der Waals surface area contributed by atoms with Crippen LogP contribution in [-0.2, 0) is 38.1 Å². The van der Waals surface area contributed by atoms with Gasteiger partial charge in [-0.3, -0.25) is 19.8 Å². The quantitative estimate of drug-likeness (QED) is 0.0656. The van der Waals surface area contributed by atoms with Crippen LogP contribution in [0.4, 0.5) is 10.5 Å². The highest BCUT2D eigenvalue weighted by Gasteiger charge is 2.43. The Balaban J connectivity index is 0.00000474. The number of hydrogen-bond donors (Lipinski definition) is 0. The molecule has 244 valence electrons. The highest BCUT2D eigenvalue weighted by molar-refractivity contribution is 6.01. The van der Waals surface area contributed by atoms with E-state index in [4.69, 9.17) is 23.7 Å². The average molecular weight is 621 g/mol. The number of benzene rings is 1. The van der Waals surface area contributed by atoms with Crippen molar-refractivity contribution in [2.75, 3.05) is 27.1 Å². The number of nitro benzene ring substituents is 1. The molecule has 1 unspecified atom stereocenters. The van der Waals surface area contributed by atoms with Gasteiger partial charge in [-0.05, 0) is 45.6 Å². The van der Waals surface area contributed by atoms with Crippen LogP contribution in [0.25, 0.3) is 0 Å². The van der Waals surface area contributed by atoms with E-state index in [0.29, 0.717) is 6.42 Å². The van der Waals surface area contributed by atoms with Crippen molar-refractivity contribution in [3.63, 3.8) is 0 Å². The lowest BCUT2D eigenvalue weighted by atomic mass is 9.79. The van der Waals surface area contributed by atoms with Gasteiger partial charge in [0.15, 0.2) is 0 Å². The number of esters is 3. The monoisotopic (exact) mass is 620 g/mol. The number of nitro groups is 1. The zero-order valence-electron chi connectivity index (χ0n) is 27.0. The first-order valence-electron chi connectivity index (χ1n) is 14.4. The topological polar surface area (TPSA) is 161 Å². The first-order valence-corrected chi connectivity index (χ1v) is 14.4. The van der Waals surface area contributed by atoms with Crippen LogP contribution in [0.2, 0.25) is 0 Å². The Labute approximate surface area is 258 Å². The summed E-state index contributed by atoms with van der Waals surface area (Å²) in [5.41, 5.74) is -0.210. The first kappa shape index (κ1) is 37.8. The van der Waals surface area contributed by atoms with Gasteiger partial charge >= 0.3 is 24.0 Å². The fourth-order valence-corrected chi connectivity index (χ4v) is 4.27. The van der Waals surface area contributed by atoms with E-state index in [0.717, 1.165) is 4.90 Å². The molecule has 1 aromatic carbocycles. The van der Waals surface area contributed by atoms with Gasteiger partial charge in [0.1, 0.15) is 6.61 Å². The van der Waals surface area contributed by atoms with E-state index in [9.17, 15) is 29.3 Å². The Morgan fingerprint density at radius 3 is 2.09 bits per heavy atom. The smallest absolute Gasteiger partial charge is 0.421 e. The number of nitrogens with zero attached hydrogens (tertiary/aromatic N) is 2. The summed E-state index contributed by atoms with van der Waals surface area (Å²) < 4.78 is 26.0. The Morgan fingerprint density at radius 1 is 0.932 bits per heavy atom. The molecule has 44 heavy (non-hydrogen) atoms. The second kappa shape index (κ2) is 18.4. The Hall–Kier alpha value is -4.26. The zero-order valence-corrected chi connectivity index (χ0v) is 27.0. The molecule has 0 saturated heterocycles. The standard InChI is InChI=1S/C29H38N2O11.C2H6/c1-17(2)11-12-23(32)40-16-41-29(35)30-19(5)24(27(33)39-14-13-38-7)26(21-9-8-10-22(15-21)31(36)37)25(20(30)6)28(34)42-18(3)4;1-2/h8-10,15,17-18,26H,11-14,16H2,1-7H3;1-2H3. The Morgan fingerprint density at radius 2 is 1.55 bits per heavy atom. The van der Waals surface area contributed by atoms with E-state index in [1.165, 1.54) is 45.2 Å². The fourth-order valence-electron chi connectivity index (χ4n) is 4.27. The van der Waals surface area contributed by atoms with Crippen molar-refractivity contribution in [1.29, 1.82) is 0 Å². The van der Waals surface area contributed by atoms with Crippen molar-refractivity contribution in [3.8, 4) is 0 Å². The minimum atomic E-state index is -1.19. The van der Waals surface area contributed by atoms with Gasteiger partial charge < -0.3 is 23.7 Å². The van der Waals surface area contributed by atoms with Crippen molar-refractivity contribution >= 4 is 29.7 Å². The van der Waals surface area contributed by atoms with Crippen molar-refractivity contribution in [2.24, 2.45) is 5.92 Å². The van der Waals surface area contributed by atoms with Crippen LogP contribution in [-0.4, -0.2) is 67.0 Å². The molecule has 13 heteroatoms. The molecule has 0 saturated carbocycles. The van der Waals surface area contributed by atoms with Gasteiger partial charge in [-0.25, -0.2) is 14.4 Å². The molecular formula is C31H44N2O11. The number of carbonyl (C=O) groups is 4. The molecule has 1 aliphatic rings. The van der Waals surface area contributed by atoms with Crippen LogP contribution in [0.5, 0.6) is 0 Å². The number of ether oxygens (including phenoxy) is 5. The highest BCUT2D eigenvalue weighted by atomic mass is 16.7. The van der Waals surface area contributed by atoms with Crippen LogP contribution >= 0.6 is 0 Å². The predicted molar refractivity (Wildman–Crippen MR) is 160 cm³/mol. The minimum absolute atomic E-state index is 0.0451. The van der Waals surface area contributed by atoms with Gasteiger partial charge in [-0.2, -0.15) is 0 Å². The molecule has 0 radical (unpaired) electrons. The largest absolute Gasteiger partial charge is 0.460 e. The molecule has 2 rings (SSSR count). The van der Waals surface area contributed by atoms with Gasteiger partial charge in [0.2, 0.25) is 6.79 Å². The number of carbonyl (C=O) groups excluding carboxylic acids is 4. The molecule has 1 aromatic rings. The Bertz CT molecular complexity index is 1250. The third kappa shape index (κ3) is 10.5. The molecule has 0 aliphatic carbocycles. The summed E-state index contributed by atoms with van der Waals surface area (Å²) in [5, 5.41) is 11.6. The fraction of sp³-hybridized carbons (Fsp3) is 0.548. The summed E-state index contributed by atoms with van der Waals surface area (Å²) in [6, 6.07) is 5.45. The number of allylic oxidation sites excluding steroid dienone is 2. The van der Waals surface area contributed by atoms with E-state index < -0.39 is 47.7 Å². The molecule has 0 aromatic heterocycles. The SMILES string of the molecule is CC.COCCOC(=O)C1=C(C)N(C(=O)OCOC(=O)CCC(C)C)C(C)=C(C(=O)OC(C)C)C1c1cccc([N+](=O)[O-])c1. The molecule has 1 aliphatic heterocycles. The minimum Gasteiger partial charge on any atom is -0.460 e. The number of amides is 1. The van der Waals surface area contributed by atoms with Crippen molar-refractivity contribution in [1.82, 2.24) is 4.90 Å². The molecule has 1 atom stereocenters. The summed E-state index contributed by atoms with van der Waals surface area (Å²) in [7, 11) is 1.42. The number of hydrogen-bond acceptors (Lipinski definition) is 11. The van der Waals surface area contributed by atoms with Crippen LogP contribution < -0.4 is 0 Å². The second-order valence-electron chi connectivity index (χ2n) is 10.2. The zero-order chi connectivity index (χ0) is 33.6. The summed E-state index contributed by atoms with van der Waals surface area (Å²) >= 11 is 0. The molecule has 0 fully saturated rings. The molecule has 1 heterocycles. The van der Waals surface area contributed by atoms with Gasteiger partial charge in [0, 0.05) is 37.1 Å². The molecular weight excluding hydrogens is 576 g/mol. The van der Waals surface area contributed by atoms with E-state index in [1.807, 2.05) is 27.7 Å². The van der Waals surface area contributed by atoms with Crippen LogP contribution in [0.15, 0.2) is 46.8 Å². The number of non-ortho nitro benzene ring substituents is 1. The number of rotatable bonds is 13. The van der Waals surface area contributed by atoms with Gasteiger partial charge in [0.25, 0.3) is 5.69 Å². The lowest BCUT2D eigenvalue weighted by molar-refractivity contribution is -0.384. The summed E-state index contributed by atoms with van der Waals surface area (Å²) in [6.07, 6.45) is -0.864. The van der Waals surface area contributed by atoms with Crippen molar-refractivity contribution < 1.29 is 47.8 Å². The first-order chi connectivity index (χ1) is 20.8. The van der Waals surface area contributed by atoms with Crippen LogP contribution in [0, 0.1) is 16.0 Å². The second-order valence-corrected chi connectivity index (χ2v) is 10.2. The average Bonchev–Trinajstić information content (AvgIpc) is 2.96. The number of methoxy groups -OCH3 is 1. The lowest BCUT2D eigenvalue weighted by Gasteiger charge is -2.36. The molecule has 0 bridgehead atoms. The molecule has 0 spiro atoms. The maximum atomic E-state index is 13.5. The van der Waals surface area contributed by atoms with Crippen LogP contribution in [0.3, 0.4) is 0 Å². The normalized spacial score (nSPS) is 14.6. The highest BCUT2D eigenvalue weighted by Crippen LogP contribution is 2.44.